The Balaban J connectivity index is 2.24. The van der Waals surface area contributed by atoms with Crippen molar-refractivity contribution in [2.24, 2.45) is 11.3 Å². The fourth-order valence-corrected chi connectivity index (χ4v) is 2.14. The van der Waals surface area contributed by atoms with Crippen LogP contribution in [0.2, 0.25) is 0 Å². The molecule has 3 unspecified atom stereocenters. The molecule has 2 N–H and O–H groups in total. The molecule has 0 aromatic rings. The largest absolute Gasteiger partial charge is 0.391 e. The van der Waals surface area contributed by atoms with Gasteiger partial charge < -0.3 is 15.2 Å². The maximum absolute atomic E-state index is 11.8. The normalized spacial score (nSPS) is 26.9. The molecule has 0 aliphatic carbocycles. The number of amides is 1. The molecule has 0 spiro atoms. The summed E-state index contributed by atoms with van der Waals surface area (Å²) in [5.74, 6) is -0.0471. The van der Waals surface area contributed by atoms with Crippen molar-refractivity contribution < 1.29 is 14.6 Å². The van der Waals surface area contributed by atoms with Gasteiger partial charge in [-0.05, 0) is 25.2 Å². The van der Waals surface area contributed by atoms with Gasteiger partial charge in [0.05, 0.1) is 24.7 Å². The highest BCUT2D eigenvalue weighted by Crippen LogP contribution is 2.21. The highest BCUT2D eigenvalue weighted by molar-refractivity contribution is 5.79. The van der Waals surface area contributed by atoms with E-state index in [0.29, 0.717) is 19.6 Å². The molecule has 1 saturated heterocycles. The van der Waals surface area contributed by atoms with Crippen LogP contribution in [0, 0.1) is 11.3 Å². The van der Waals surface area contributed by atoms with E-state index in [0.717, 1.165) is 6.42 Å². The molecule has 4 nitrogen and oxygen atoms in total. The second kappa shape index (κ2) is 5.83. The second-order valence-electron chi connectivity index (χ2n) is 6.24. The van der Waals surface area contributed by atoms with Crippen LogP contribution in [0.5, 0.6) is 0 Å². The summed E-state index contributed by atoms with van der Waals surface area (Å²) in [5.41, 5.74) is 0.0785. The summed E-state index contributed by atoms with van der Waals surface area (Å²) in [5, 5.41) is 12.6. The summed E-state index contributed by atoms with van der Waals surface area (Å²) in [6.45, 7) is 9.03. The van der Waals surface area contributed by atoms with Crippen LogP contribution in [-0.4, -0.2) is 36.4 Å². The number of aliphatic hydroxyl groups excluding tert-OH is 1. The molecule has 1 amide bonds. The lowest BCUT2D eigenvalue weighted by molar-refractivity contribution is -0.125. The van der Waals surface area contributed by atoms with E-state index in [9.17, 15) is 9.90 Å². The van der Waals surface area contributed by atoms with Crippen molar-refractivity contribution in [2.75, 3.05) is 13.2 Å². The monoisotopic (exact) mass is 243 g/mol. The third kappa shape index (κ3) is 5.50. The van der Waals surface area contributed by atoms with Gasteiger partial charge in [-0.25, -0.2) is 0 Å². The third-order valence-electron chi connectivity index (χ3n) is 2.93. The van der Waals surface area contributed by atoms with Crippen molar-refractivity contribution in [3.8, 4) is 0 Å². The molecular weight excluding hydrogens is 218 g/mol. The van der Waals surface area contributed by atoms with Crippen LogP contribution in [-0.2, 0) is 9.53 Å². The van der Waals surface area contributed by atoms with Gasteiger partial charge in [-0.15, -0.1) is 0 Å². The van der Waals surface area contributed by atoms with Gasteiger partial charge in [-0.1, -0.05) is 20.8 Å². The Kier molecular flexibility index (Phi) is 4.95. The summed E-state index contributed by atoms with van der Waals surface area (Å²) < 4.78 is 5.35. The molecule has 100 valence electrons. The zero-order valence-corrected chi connectivity index (χ0v) is 11.3. The molecular formula is C13H25NO3. The standard InChI is InChI=1S/C13H25NO3/c1-9-5-10(8-17-9)12(16)14-7-11(15)6-13(2,3)4/h9-11,15H,5-8H2,1-4H3,(H,14,16). The lowest BCUT2D eigenvalue weighted by atomic mass is 9.89. The summed E-state index contributed by atoms with van der Waals surface area (Å²) in [7, 11) is 0. The smallest absolute Gasteiger partial charge is 0.225 e. The molecule has 3 atom stereocenters. The first-order valence-corrected chi connectivity index (χ1v) is 6.35. The van der Waals surface area contributed by atoms with Gasteiger partial charge in [0.15, 0.2) is 0 Å². The first-order valence-electron chi connectivity index (χ1n) is 6.35. The van der Waals surface area contributed by atoms with Gasteiger partial charge in [0, 0.05) is 6.54 Å². The molecule has 0 bridgehead atoms. The van der Waals surface area contributed by atoms with Crippen LogP contribution in [0.25, 0.3) is 0 Å². The molecule has 1 aliphatic rings. The number of ether oxygens (including phenoxy) is 1. The SMILES string of the molecule is CC1CC(C(=O)NCC(O)CC(C)(C)C)CO1. The Bertz CT molecular complexity index is 260. The summed E-state index contributed by atoms with van der Waals surface area (Å²) in [4.78, 5) is 11.8. The number of rotatable bonds is 4. The van der Waals surface area contributed by atoms with Crippen molar-refractivity contribution in [3.63, 3.8) is 0 Å². The van der Waals surface area contributed by atoms with Crippen molar-refractivity contribution in [1.29, 1.82) is 0 Å². The lowest BCUT2D eigenvalue weighted by Crippen LogP contribution is -2.37. The first-order chi connectivity index (χ1) is 7.78. The molecule has 0 saturated carbocycles. The predicted octanol–water partition coefficient (Wildman–Crippen LogP) is 1.32. The zero-order valence-electron chi connectivity index (χ0n) is 11.3. The maximum Gasteiger partial charge on any atom is 0.225 e. The second-order valence-corrected chi connectivity index (χ2v) is 6.24. The predicted molar refractivity (Wildman–Crippen MR) is 66.6 cm³/mol. The Morgan fingerprint density at radius 1 is 1.53 bits per heavy atom. The Hall–Kier alpha value is -0.610. The number of aliphatic hydroxyl groups is 1. The highest BCUT2D eigenvalue weighted by atomic mass is 16.5. The van der Waals surface area contributed by atoms with Crippen LogP contribution in [0.4, 0.5) is 0 Å². The van der Waals surface area contributed by atoms with Gasteiger partial charge in [-0.2, -0.15) is 0 Å². The molecule has 1 fully saturated rings. The van der Waals surface area contributed by atoms with E-state index in [1.54, 1.807) is 0 Å². The minimum Gasteiger partial charge on any atom is -0.391 e. The Labute approximate surface area is 104 Å². The van der Waals surface area contributed by atoms with Crippen LogP contribution >= 0.6 is 0 Å². The van der Waals surface area contributed by atoms with Gasteiger partial charge >= 0.3 is 0 Å². The number of carbonyl (C=O) groups is 1. The number of hydrogen-bond acceptors (Lipinski definition) is 3. The van der Waals surface area contributed by atoms with Crippen molar-refractivity contribution in [2.45, 2.75) is 52.7 Å². The van der Waals surface area contributed by atoms with Crippen LogP contribution in [0.15, 0.2) is 0 Å². The van der Waals surface area contributed by atoms with E-state index in [1.807, 2.05) is 6.92 Å². The van der Waals surface area contributed by atoms with Gasteiger partial charge in [-0.3, -0.25) is 4.79 Å². The van der Waals surface area contributed by atoms with Gasteiger partial charge in [0.1, 0.15) is 0 Å². The molecule has 1 aliphatic heterocycles. The van der Waals surface area contributed by atoms with Crippen LogP contribution in [0.3, 0.4) is 0 Å². The van der Waals surface area contributed by atoms with E-state index >= 15 is 0 Å². The minimum absolute atomic E-state index is 0.00214. The van der Waals surface area contributed by atoms with E-state index in [4.69, 9.17) is 4.74 Å². The molecule has 0 aromatic heterocycles. The Morgan fingerprint density at radius 2 is 2.18 bits per heavy atom. The molecule has 1 rings (SSSR count). The fourth-order valence-electron chi connectivity index (χ4n) is 2.14. The van der Waals surface area contributed by atoms with E-state index in [-0.39, 0.29) is 23.3 Å². The maximum atomic E-state index is 11.8. The Morgan fingerprint density at radius 3 is 2.65 bits per heavy atom. The van der Waals surface area contributed by atoms with Crippen LogP contribution < -0.4 is 5.32 Å². The van der Waals surface area contributed by atoms with E-state index < -0.39 is 6.10 Å². The molecule has 17 heavy (non-hydrogen) atoms. The number of nitrogens with one attached hydrogen (secondary N) is 1. The minimum atomic E-state index is -0.473. The summed E-state index contributed by atoms with van der Waals surface area (Å²) >= 11 is 0. The topological polar surface area (TPSA) is 58.6 Å². The molecule has 1 heterocycles. The van der Waals surface area contributed by atoms with Crippen molar-refractivity contribution in [1.82, 2.24) is 5.32 Å². The van der Waals surface area contributed by atoms with Gasteiger partial charge in [0.2, 0.25) is 5.91 Å². The third-order valence-corrected chi connectivity index (χ3v) is 2.93. The zero-order chi connectivity index (χ0) is 13.1. The van der Waals surface area contributed by atoms with Crippen molar-refractivity contribution >= 4 is 5.91 Å². The highest BCUT2D eigenvalue weighted by Gasteiger charge is 2.28. The van der Waals surface area contributed by atoms with Crippen molar-refractivity contribution in [3.05, 3.63) is 0 Å². The van der Waals surface area contributed by atoms with Crippen LogP contribution in [0.1, 0.15) is 40.5 Å². The quantitative estimate of drug-likeness (QED) is 0.783. The fraction of sp³-hybridized carbons (Fsp3) is 0.923. The average molecular weight is 243 g/mol. The summed E-state index contributed by atoms with van der Waals surface area (Å²) in [6, 6.07) is 0. The number of hydrogen-bond donors (Lipinski definition) is 2. The number of carbonyl (C=O) groups excluding carboxylic acids is 1. The first kappa shape index (κ1) is 14.5. The molecule has 4 heteroatoms. The van der Waals surface area contributed by atoms with E-state index in [2.05, 4.69) is 26.1 Å². The van der Waals surface area contributed by atoms with E-state index in [1.165, 1.54) is 0 Å². The lowest BCUT2D eigenvalue weighted by Gasteiger charge is -2.22. The van der Waals surface area contributed by atoms with Gasteiger partial charge in [0.25, 0.3) is 0 Å². The molecule has 0 aromatic carbocycles. The summed E-state index contributed by atoms with van der Waals surface area (Å²) in [6.07, 6.45) is 1.16. The average Bonchev–Trinajstić information content (AvgIpc) is 2.58. The molecule has 0 radical (unpaired) electrons.